The minimum atomic E-state index is 0.0437. The third-order valence-corrected chi connectivity index (χ3v) is 2.66. The molecule has 1 aliphatic heterocycles. The molecule has 0 saturated heterocycles. The first-order valence-corrected chi connectivity index (χ1v) is 5.42. The van der Waals surface area contributed by atoms with Crippen LogP contribution in [0.4, 0.5) is 0 Å². The lowest BCUT2D eigenvalue weighted by Crippen LogP contribution is -2.28. The van der Waals surface area contributed by atoms with Crippen LogP contribution in [0.2, 0.25) is 0 Å². The molecule has 1 rings (SSSR count). The predicted octanol–water partition coefficient (Wildman–Crippen LogP) is 2.28. The smallest absolute Gasteiger partial charge is 0.251 e. The molecule has 0 saturated carbocycles. The quantitative estimate of drug-likeness (QED) is 0.679. The first kappa shape index (κ1) is 11.2. The molecule has 0 bridgehead atoms. The summed E-state index contributed by atoms with van der Waals surface area (Å²) in [5.74, 6) is 0.854. The van der Waals surface area contributed by atoms with Crippen LogP contribution >= 0.6 is 0 Å². The van der Waals surface area contributed by atoms with Gasteiger partial charge in [-0.2, -0.15) is 5.10 Å². The topological polar surface area (TPSA) is 32.7 Å². The highest BCUT2D eigenvalue weighted by Gasteiger charge is 2.31. The maximum Gasteiger partial charge on any atom is 0.251 e. The molecule has 0 N–H and O–H groups in total. The molecule has 0 spiro atoms. The largest absolute Gasteiger partial charge is 0.272 e. The van der Waals surface area contributed by atoms with Crippen molar-refractivity contribution in [2.24, 2.45) is 16.9 Å². The van der Waals surface area contributed by atoms with Gasteiger partial charge in [0.15, 0.2) is 0 Å². The molecule has 0 aromatic rings. The van der Waals surface area contributed by atoms with Gasteiger partial charge in [0, 0.05) is 12.3 Å². The molecule has 0 aliphatic carbocycles. The molecule has 3 nitrogen and oxygen atoms in total. The van der Waals surface area contributed by atoms with Crippen LogP contribution in [0.3, 0.4) is 0 Å². The van der Waals surface area contributed by atoms with Gasteiger partial charge in [0.05, 0.1) is 5.92 Å². The van der Waals surface area contributed by atoms with E-state index < -0.39 is 0 Å². The number of amides is 1. The number of hydrogen-bond donors (Lipinski definition) is 0. The maximum atomic E-state index is 11.8. The molecule has 0 radical (unpaired) electrons. The van der Waals surface area contributed by atoms with Crippen LogP contribution in [0.15, 0.2) is 5.10 Å². The van der Waals surface area contributed by atoms with Gasteiger partial charge in [0.2, 0.25) is 0 Å². The summed E-state index contributed by atoms with van der Waals surface area (Å²) in [5.41, 5.74) is 0.973. The van der Waals surface area contributed by atoms with Crippen molar-refractivity contribution < 1.29 is 4.79 Å². The zero-order chi connectivity index (χ0) is 10.7. The second kappa shape index (κ2) is 4.58. The third kappa shape index (κ3) is 2.34. The van der Waals surface area contributed by atoms with E-state index in [1.807, 2.05) is 13.8 Å². The second-order valence-electron chi connectivity index (χ2n) is 4.35. The summed E-state index contributed by atoms with van der Waals surface area (Å²) in [7, 11) is 0. The number of hydrogen-bond acceptors (Lipinski definition) is 2. The van der Waals surface area contributed by atoms with Gasteiger partial charge in [0.25, 0.3) is 5.91 Å². The molecule has 0 fully saturated rings. The van der Waals surface area contributed by atoms with E-state index >= 15 is 0 Å². The average Bonchev–Trinajstić information content (AvgIpc) is 2.38. The number of hydrazone groups is 1. The van der Waals surface area contributed by atoms with Gasteiger partial charge in [-0.05, 0) is 25.7 Å². The van der Waals surface area contributed by atoms with Crippen molar-refractivity contribution in [3.8, 4) is 0 Å². The molecule has 14 heavy (non-hydrogen) atoms. The number of carbonyl (C=O) groups is 1. The first-order chi connectivity index (χ1) is 6.56. The van der Waals surface area contributed by atoms with Crippen LogP contribution in [-0.4, -0.2) is 23.2 Å². The minimum Gasteiger partial charge on any atom is -0.272 e. The van der Waals surface area contributed by atoms with Crippen molar-refractivity contribution in [3.63, 3.8) is 0 Å². The Hall–Kier alpha value is -0.860. The van der Waals surface area contributed by atoms with Crippen LogP contribution in [0.5, 0.6) is 0 Å². The number of rotatable bonds is 4. The molecule has 1 heterocycles. The summed E-state index contributed by atoms with van der Waals surface area (Å²) in [5, 5.41) is 5.94. The normalized spacial score (nSPS) is 22.1. The predicted molar refractivity (Wildman–Crippen MR) is 58.1 cm³/mol. The van der Waals surface area contributed by atoms with Crippen LogP contribution in [-0.2, 0) is 4.79 Å². The fourth-order valence-electron chi connectivity index (χ4n) is 1.68. The van der Waals surface area contributed by atoms with Crippen LogP contribution in [0.25, 0.3) is 0 Å². The van der Waals surface area contributed by atoms with Crippen molar-refractivity contribution >= 4 is 11.6 Å². The Kier molecular flexibility index (Phi) is 3.67. The zero-order valence-corrected chi connectivity index (χ0v) is 9.58. The summed E-state index contributed by atoms with van der Waals surface area (Å²) < 4.78 is 0. The van der Waals surface area contributed by atoms with Gasteiger partial charge in [0.1, 0.15) is 0 Å². The van der Waals surface area contributed by atoms with Crippen molar-refractivity contribution in [2.45, 2.75) is 40.5 Å². The first-order valence-electron chi connectivity index (χ1n) is 5.42. The fourth-order valence-corrected chi connectivity index (χ4v) is 1.68. The summed E-state index contributed by atoms with van der Waals surface area (Å²) in [6, 6.07) is 0. The molecule has 1 aliphatic rings. The van der Waals surface area contributed by atoms with E-state index in [0.717, 1.165) is 25.1 Å². The average molecular weight is 196 g/mol. The number of nitrogens with zero attached hydrogens (tertiary/aromatic N) is 2. The van der Waals surface area contributed by atoms with E-state index in [9.17, 15) is 4.79 Å². The van der Waals surface area contributed by atoms with Gasteiger partial charge in [-0.15, -0.1) is 0 Å². The fraction of sp³-hybridized carbons (Fsp3) is 0.818. The highest BCUT2D eigenvalue weighted by Crippen LogP contribution is 2.19. The van der Waals surface area contributed by atoms with E-state index in [1.165, 1.54) is 0 Å². The van der Waals surface area contributed by atoms with Crippen molar-refractivity contribution in [2.75, 3.05) is 6.54 Å². The van der Waals surface area contributed by atoms with E-state index in [-0.39, 0.29) is 11.8 Å². The van der Waals surface area contributed by atoms with Gasteiger partial charge in [-0.3, -0.25) is 4.79 Å². The third-order valence-electron chi connectivity index (χ3n) is 2.66. The summed E-state index contributed by atoms with van der Waals surface area (Å²) in [6.45, 7) is 9.07. The van der Waals surface area contributed by atoms with E-state index in [1.54, 1.807) is 5.01 Å². The molecular weight excluding hydrogens is 176 g/mol. The van der Waals surface area contributed by atoms with Gasteiger partial charge >= 0.3 is 0 Å². The number of carbonyl (C=O) groups excluding carboxylic acids is 1. The molecule has 0 aromatic carbocycles. The second-order valence-corrected chi connectivity index (χ2v) is 4.35. The summed E-state index contributed by atoms with van der Waals surface area (Å²) >= 11 is 0. The lowest BCUT2D eigenvalue weighted by Gasteiger charge is -2.14. The monoisotopic (exact) mass is 196 g/mol. The van der Waals surface area contributed by atoms with Gasteiger partial charge < -0.3 is 0 Å². The maximum absolute atomic E-state index is 11.8. The lowest BCUT2D eigenvalue weighted by molar-refractivity contribution is -0.131. The lowest BCUT2D eigenvalue weighted by atomic mass is 10.0. The van der Waals surface area contributed by atoms with Crippen LogP contribution < -0.4 is 0 Å². The molecule has 1 unspecified atom stereocenters. The van der Waals surface area contributed by atoms with Gasteiger partial charge in [-0.25, -0.2) is 5.01 Å². The molecule has 0 aromatic heterocycles. The SMILES string of the molecule is CCC1C(=O)N(CCC(C)C)N=C1C. The Balaban J connectivity index is 2.53. The Morgan fingerprint density at radius 3 is 2.57 bits per heavy atom. The summed E-state index contributed by atoms with van der Waals surface area (Å²) in [4.78, 5) is 11.8. The van der Waals surface area contributed by atoms with Crippen molar-refractivity contribution in [1.29, 1.82) is 0 Å². The molecular formula is C11H20N2O. The molecule has 1 amide bonds. The highest BCUT2D eigenvalue weighted by molar-refractivity contribution is 6.06. The zero-order valence-electron chi connectivity index (χ0n) is 9.58. The van der Waals surface area contributed by atoms with E-state index in [2.05, 4.69) is 18.9 Å². The Morgan fingerprint density at radius 1 is 1.50 bits per heavy atom. The Labute approximate surface area is 86.2 Å². The van der Waals surface area contributed by atoms with Crippen LogP contribution in [0.1, 0.15) is 40.5 Å². The van der Waals surface area contributed by atoms with E-state index in [0.29, 0.717) is 5.92 Å². The van der Waals surface area contributed by atoms with Crippen LogP contribution in [0, 0.1) is 11.8 Å². The van der Waals surface area contributed by atoms with Crippen molar-refractivity contribution in [3.05, 3.63) is 0 Å². The van der Waals surface area contributed by atoms with Crippen molar-refractivity contribution in [1.82, 2.24) is 5.01 Å². The highest BCUT2D eigenvalue weighted by atomic mass is 16.2. The Bertz CT molecular complexity index is 246. The molecule has 1 atom stereocenters. The summed E-state index contributed by atoms with van der Waals surface area (Å²) in [6.07, 6.45) is 1.89. The standard InChI is InChI=1S/C11H20N2O/c1-5-10-9(4)12-13(11(10)14)7-6-8(2)3/h8,10H,5-7H2,1-4H3. The molecule has 80 valence electrons. The van der Waals surface area contributed by atoms with E-state index in [4.69, 9.17) is 0 Å². The Morgan fingerprint density at radius 2 is 2.14 bits per heavy atom. The minimum absolute atomic E-state index is 0.0437. The van der Waals surface area contributed by atoms with Gasteiger partial charge in [-0.1, -0.05) is 20.8 Å². The molecule has 3 heteroatoms.